The molecule has 1 saturated heterocycles. The molecule has 0 aliphatic carbocycles. The number of rotatable bonds is 3. The molecule has 3 nitrogen and oxygen atoms in total. The third kappa shape index (κ3) is 3.12. The van der Waals surface area contributed by atoms with E-state index < -0.39 is 0 Å². The summed E-state index contributed by atoms with van der Waals surface area (Å²) in [6.45, 7) is 8.58. The van der Waals surface area contributed by atoms with Gasteiger partial charge in [-0.05, 0) is 65.5 Å². The molecular weight excluding hydrogens is 288 g/mol. The van der Waals surface area contributed by atoms with E-state index in [9.17, 15) is 5.11 Å². The van der Waals surface area contributed by atoms with Crippen LogP contribution in [0.25, 0.3) is 0 Å². The number of phenolic OH excluding ortho intramolecular Hbond substituents is 1. The first-order valence-corrected chi connectivity index (χ1v) is 8.70. The Morgan fingerprint density at radius 2 is 2.13 bits per heavy atom. The average molecular weight is 316 g/mol. The average Bonchev–Trinajstić information content (AvgIpc) is 2.46. The summed E-state index contributed by atoms with van der Waals surface area (Å²) in [6, 6.07) is 5.53. The second kappa shape index (κ2) is 6.20. The summed E-state index contributed by atoms with van der Waals surface area (Å²) in [4.78, 5) is 0. The van der Waals surface area contributed by atoms with Gasteiger partial charge in [0.2, 0.25) is 0 Å². The minimum Gasteiger partial charge on any atom is -0.507 e. The minimum absolute atomic E-state index is 0.0691. The molecule has 1 aromatic rings. The van der Waals surface area contributed by atoms with Gasteiger partial charge >= 0.3 is 0 Å². The van der Waals surface area contributed by atoms with Crippen molar-refractivity contribution in [2.45, 2.75) is 71.2 Å². The lowest BCUT2D eigenvalue weighted by Crippen LogP contribution is -2.50. The summed E-state index contributed by atoms with van der Waals surface area (Å²) < 4.78 is 12.7. The van der Waals surface area contributed by atoms with Crippen molar-refractivity contribution < 1.29 is 14.6 Å². The Bertz CT molecular complexity index is 603. The topological polar surface area (TPSA) is 38.7 Å². The van der Waals surface area contributed by atoms with Crippen LogP contribution in [0.1, 0.15) is 65.0 Å². The van der Waals surface area contributed by atoms with Crippen LogP contribution in [-0.2, 0) is 4.74 Å². The fourth-order valence-electron chi connectivity index (χ4n) is 3.99. The van der Waals surface area contributed by atoms with Gasteiger partial charge in [-0.2, -0.15) is 0 Å². The third-order valence-electron chi connectivity index (χ3n) is 5.28. The van der Waals surface area contributed by atoms with Gasteiger partial charge in [-0.3, -0.25) is 0 Å². The van der Waals surface area contributed by atoms with Crippen molar-refractivity contribution >= 4 is 0 Å². The second-order valence-electron chi connectivity index (χ2n) is 7.47. The molecule has 2 aliphatic rings. The first-order chi connectivity index (χ1) is 10.9. The molecule has 0 aromatic heterocycles. The van der Waals surface area contributed by atoms with E-state index in [0.29, 0.717) is 0 Å². The zero-order chi connectivity index (χ0) is 16.6. The normalized spacial score (nSPS) is 32.4. The molecule has 1 fully saturated rings. The molecule has 1 N–H and O–H groups in total. The largest absolute Gasteiger partial charge is 0.507 e. The first-order valence-electron chi connectivity index (χ1n) is 8.70. The first kappa shape index (κ1) is 16.4. The number of aromatic hydroxyl groups is 1. The van der Waals surface area contributed by atoms with Crippen molar-refractivity contribution in [1.29, 1.82) is 0 Å². The molecule has 2 heterocycles. The predicted octanol–water partition coefficient (Wildman–Crippen LogP) is 5.15. The molecule has 3 heteroatoms. The molecule has 0 spiro atoms. The number of ether oxygens (including phenoxy) is 2. The van der Waals surface area contributed by atoms with Gasteiger partial charge in [-0.1, -0.05) is 17.7 Å². The van der Waals surface area contributed by atoms with Gasteiger partial charge in [0, 0.05) is 5.92 Å². The molecule has 0 saturated carbocycles. The van der Waals surface area contributed by atoms with Gasteiger partial charge in [0.15, 0.2) is 0 Å². The predicted molar refractivity (Wildman–Crippen MR) is 91.8 cm³/mol. The fraction of sp³-hybridized carbons (Fsp3) is 0.600. The highest BCUT2D eigenvalue weighted by molar-refractivity contribution is 5.48. The van der Waals surface area contributed by atoms with Crippen LogP contribution in [0.3, 0.4) is 0 Å². The maximum atomic E-state index is 10.3. The number of hydrogen-bond donors (Lipinski definition) is 1. The van der Waals surface area contributed by atoms with Crippen molar-refractivity contribution in [3.63, 3.8) is 0 Å². The SMILES string of the molecule is CC(C)=CCC[C@]1(C)Oc2cccc(O)c2[C@@H]2O[C@H](C)CC[C@H]21. The van der Waals surface area contributed by atoms with E-state index in [0.717, 1.165) is 37.0 Å². The summed E-state index contributed by atoms with van der Waals surface area (Å²) in [5, 5.41) is 10.3. The van der Waals surface area contributed by atoms with Crippen LogP contribution in [0.2, 0.25) is 0 Å². The van der Waals surface area contributed by atoms with Crippen LogP contribution in [0, 0.1) is 5.92 Å². The number of allylic oxidation sites excluding steroid dienone is 2. The molecule has 3 rings (SSSR count). The van der Waals surface area contributed by atoms with Crippen molar-refractivity contribution in [3.8, 4) is 11.5 Å². The molecule has 0 unspecified atom stereocenters. The molecule has 4 atom stereocenters. The number of hydrogen-bond acceptors (Lipinski definition) is 3. The number of benzene rings is 1. The standard InChI is InChI=1S/C20H28O3/c1-13(2)7-6-12-20(4)15-11-10-14(3)22-19(15)18-16(21)8-5-9-17(18)23-20/h5,7-9,14-15,19,21H,6,10-12H2,1-4H3/t14-,15-,19-,20+/m1/s1. The highest BCUT2D eigenvalue weighted by Crippen LogP contribution is 2.54. The number of fused-ring (bicyclic) bond motifs is 3. The second-order valence-corrected chi connectivity index (χ2v) is 7.47. The van der Waals surface area contributed by atoms with Crippen molar-refractivity contribution in [1.82, 2.24) is 0 Å². The minimum atomic E-state index is -0.252. The van der Waals surface area contributed by atoms with E-state index >= 15 is 0 Å². The van der Waals surface area contributed by atoms with E-state index in [-0.39, 0.29) is 29.5 Å². The smallest absolute Gasteiger partial charge is 0.129 e. The summed E-state index contributed by atoms with van der Waals surface area (Å²) in [5.74, 6) is 1.35. The van der Waals surface area contributed by atoms with Gasteiger partial charge < -0.3 is 14.6 Å². The highest BCUT2D eigenvalue weighted by Gasteiger charge is 2.49. The Balaban J connectivity index is 1.95. The van der Waals surface area contributed by atoms with Gasteiger partial charge in [0.1, 0.15) is 17.1 Å². The zero-order valence-electron chi connectivity index (χ0n) is 14.6. The van der Waals surface area contributed by atoms with Crippen molar-refractivity contribution in [3.05, 3.63) is 35.4 Å². The monoisotopic (exact) mass is 316 g/mol. The van der Waals surface area contributed by atoms with Crippen molar-refractivity contribution in [2.75, 3.05) is 0 Å². The van der Waals surface area contributed by atoms with Crippen LogP contribution in [0.5, 0.6) is 11.5 Å². The van der Waals surface area contributed by atoms with Crippen molar-refractivity contribution in [2.24, 2.45) is 5.92 Å². The summed E-state index contributed by atoms with van der Waals surface area (Å²) in [7, 11) is 0. The Morgan fingerprint density at radius 1 is 1.35 bits per heavy atom. The van der Waals surface area contributed by atoms with Crippen LogP contribution < -0.4 is 4.74 Å². The van der Waals surface area contributed by atoms with E-state index in [1.807, 2.05) is 12.1 Å². The van der Waals surface area contributed by atoms with E-state index in [4.69, 9.17) is 9.47 Å². The fourth-order valence-corrected chi connectivity index (χ4v) is 3.99. The van der Waals surface area contributed by atoms with Gasteiger partial charge in [-0.15, -0.1) is 0 Å². The molecule has 126 valence electrons. The van der Waals surface area contributed by atoms with Crippen LogP contribution in [-0.4, -0.2) is 16.8 Å². The Morgan fingerprint density at radius 3 is 2.87 bits per heavy atom. The zero-order valence-corrected chi connectivity index (χ0v) is 14.6. The van der Waals surface area contributed by atoms with Gasteiger partial charge in [0.05, 0.1) is 17.8 Å². The lowest BCUT2D eigenvalue weighted by Gasteiger charge is -2.50. The van der Waals surface area contributed by atoms with E-state index in [2.05, 4.69) is 33.8 Å². The Hall–Kier alpha value is -1.48. The van der Waals surface area contributed by atoms with E-state index in [1.54, 1.807) is 6.07 Å². The lowest BCUT2D eigenvalue weighted by molar-refractivity contribution is -0.152. The molecule has 0 amide bonds. The molecule has 0 bridgehead atoms. The molecule has 23 heavy (non-hydrogen) atoms. The lowest BCUT2D eigenvalue weighted by atomic mass is 9.72. The third-order valence-corrected chi connectivity index (χ3v) is 5.28. The molecular formula is C20H28O3. The number of phenols is 1. The maximum Gasteiger partial charge on any atom is 0.129 e. The molecule has 2 aliphatic heterocycles. The highest BCUT2D eigenvalue weighted by atomic mass is 16.5. The Labute approximate surface area is 139 Å². The van der Waals surface area contributed by atoms with E-state index in [1.165, 1.54) is 5.57 Å². The quantitative estimate of drug-likeness (QED) is 0.784. The van der Waals surface area contributed by atoms with Crippen LogP contribution in [0.4, 0.5) is 0 Å². The summed E-state index contributed by atoms with van der Waals surface area (Å²) in [6.07, 6.45) is 6.52. The van der Waals surface area contributed by atoms with Gasteiger partial charge in [0.25, 0.3) is 0 Å². The van der Waals surface area contributed by atoms with Crippen LogP contribution in [0.15, 0.2) is 29.8 Å². The molecule has 1 aromatic carbocycles. The van der Waals surface area contributed by atoms with Gasteiger partial charge in [-0.25, -0.2) is 0 Å². The summed E-state index contributed by atoms with van der Waals surface area (Å²) >= 11 is 0. The summed E-state index contributed by atoms with van der Waals surface area (Å²) in [5.41, 5.74) is 1.92. The molecule has 0 radical (unpaired) electrons. The Kier molecular flexibility index (Phi) is 4.41. The maximum absolute atomic E-state index is 10.3. The van der Waals surface area contributed by atoms with Crippen LogP contribution >= 0.6 is 0 Å².